The maximum Gasteiger partial charge on any atom is 0.345 e. The summed E-state index contributed by atoms with van der Waals surface area (Å²) in [6.07, 6.45) is 1.86. The molecule has 0 aliphatic rings. The summed E-state index contributed by atoms with van der Waals surface area (Å²) >= 11 is 0. The van der Waals surface area contributed by atoms with Crippen LogP contribution in [0.2, 0.25) is 0 Å². The fraction of sp³-hybridized carbons (Fsp3) is 0.375. The van der Waals surface area contributed by atoms with Gasteiger partial charge in [0.25, 0.3) is 0 Å². The van der Waals surface area contributed by atoms with E-state index in [4.69, 9.17) is 5.11 Å². The number of aromatic amines is 1. The van der Waals surface area contributed by atoms with Crippen molar-refractivity contribution in [1.29, 1.82) is 0 Å². The minimum atomic E-state index is -0.856. The van der Waals surface area contributed by atoms with Crippen molar-refractivity contribution in [2.24, 2.45) is 0 Å². The van der Waals surface area contributed by atoms with Gasteiger partial charge in [0.1, 0.15) is 0 Å². The summed E-state index contributed by atoms with van der Waals surface area (Å²) in [6.45, 7) is 1.72. The molecule has 13 heavy (non-hydrogen) atoms. The standard InChI is InChI=1S/C8H10N2O3/c1-5-6(2-3-7(11)12)4-9-8(13)10-5/h4H,2-3H2,1H3,(H,11,12)(H,9,10,13). The van der Waals surface area contributed by atoms with Crippen LogP contribution in [0.4, 0.5) is 0 Å². The Kier molecular flexibility index (Phi) is 2.79. The first-order valence-electron chi connectivity index (χ1n) is 3.86. The molecule has 5 nitrogen and oxygen atoms in total. The first-order valence-corrected chi connectivity index (χ1v) is 3.86. The summed E-state index contributed by atoms with van der Waals surface area (Å²) in [7, 11) is 0. The second-order valence-electron chi connectivity index (χ2n) is 2.73. The second-order valence-corrected chi connectivity index (χ2v) is 2.73. The van der Waals surface area contributed by atoms with Gasteiger partial charge in [-0.3, -0.25) is 4.79 Å². The molecule has 0 saturated carbocycles. The van der Waals surface area contributed by atoms with E-state index < -0.39 is 11.7 Å². The molecule has 0 atom stereocenters. The number of carboxylic acid groups (broad SMARTS) is 1. The highest BCUT2D eigenvalue weighted by Crippen LogP contribution is 2.03. The lowest BCUT2D eigenvalue weighted by Gasteiger charge is -2.00. The predicted molar refractivity (Wildman–Crippen MR) is 45.6 cm³/mol. The highest BCUT2D eigenvalue weighted by molar-refractivity contribution is 5.67. The molecular weight excluding hydrogens is 172 g/mol. The number of aliphatic carboxylic acids is 1. The number of H-pyrrole nitrogens is 1. The van der Waals surface area contributed by atoms with Crippen molar-refractivity contribution in [1.82, 2.24) is 9.97 Å². The van der Waals surface area contributed by atoms with Crippen LogP contribution in [0.3, 0.4) is 0 Å². The molecule has 0 saturated heterocycles. The first kappa shape index (κ1) is 9.44. The van der Waals surface area contributed by atoms with Gasteiger partial charge in [0.15, 0.2) is 0 Å². The number of carbonyl (C=O) groups is 1. The lowest BCUT2D eigenvalue weighted by molar-refractivity contribution is -0.136. The van der Waals surface area contributed by atoms with Crippen LogP contribution in [0.1, 0.15) is 17.7 Å². The quantitative estimate of drug-likeness (QED) is 0.694. The largest absolute Gasteiger partial charge is 0.481 e. The number of aromatic nitrogens is 2. The molecule has 0 spiro atoms. The Balaban J connectivity index is 2.78. The van der Waals surface area contributed by atoms with Gasteiger partial charge in [0.05, 0.1) is 0 Å². The summed E-state index contributed by atoms with van der Waals surface area (Å²) in [5, 5.41) is 8.43. The number of carboxylic acids is 1. The van der Waals surface area contributed by atoms with Crippen LogP contribution in [0.25, 0.3) is 0 Å². The highest BCUT2D eigenvalue weighted by Gasteiger charge is 2.02. The number of hydrogen-bond donors (Lipinski definition) is 2. The van der Waals surface area contributed by atoms with Gasteiger partial charge in [0.2, 0.25) is 0 Å². The van der Waals surface area contributed by atoms with Crippen molar-refractivity contribution >= 4 is 5.97 Å². The van der Waals surface area contributed by atoms with E-state index in [0.29, 0.717) is 12.1 Å². The number of nitrogens with one attached hydrogen (secondary N) is 1. The molecule has 0 unspecified atom stereocenters. The molecule has 2 N–H and O–H groups in total. The third-order valence-electron chi connectivity index (χ3n) is 1.72. The first-order chi connectivity index (χ1) is 6.09. The number of hydrogen-bond acceptors (Lipinski definition) is 3. The third-order valence-corrected chi connectivity index (χ3v) is 1.72. The summed E-state index contributed by atoms with van der Waals surface area (Å²) in [4.78, 5) is 27.0. The predicted octanol–water partition coefficient (Wildman–Crippen LogP) is 0.0955. The maximum absolute atomic E-state index is 10.7. The lowest BCUT2D eigenvalue weighted by Crippen LogP contribution is -2.13. The second kappa shape index (κ2) is 3.84. The summed E-state index contributed by atoms with van der Waals surface area (Å²) < 4.78 is 0. The molecule has 0 aliphatic heterocycles. The van der Waals surface area contributed by atoms with Crippen LogP contribution in [0.15, 0.2) is 11.0 Å². The van der Waals surface area contributed by atoms with E-state index in [2.05, 4.69) is 9.97 Å². The molecular formula is C8H10N2O3. The Bertz CT molecular complexity index is 370. The minimum Gasteiger partial charge on any atom is -0.481 e. The summed E-state index contributed by atoms with van der Waals surface area (Å²) in [6, 6.07) is 0. The van der Waals surface area contributed by atoms with Gasteiger partial charge in [-0.15, -0.1) is 0 Å². The molecule has 0 bridgehead atoms. The molecule has 70 valence electrons. The van der Waals surface area contributed by atoms with Gasteiger partial charge in [-0.2, -0.15) is 0 Å². The van der Waals surface area contributed by atoms with Gasteiger partial charge in [-0.25, -0.2) is 9.78 Å². The Morgan fingerprint density at radius 3 is 2.92 bits per heavy atom. The summed E-state index contributed by atoms with van der Waals surface area (Å²) in [5.74, 6) is -0.856. The number of nitrogens with zero attached hydrogens (tertiary/aromatic N) is 1. The monoisotopic (exact) mass is 182 g/mol. The van der Waals surface area contributed by atoms with Crippen molar-refractivity contribution in [3.05, 3.63) is 27.9 Å². The van der Waals surface area contributed by atoms with E-state index >= 15 is 0 Å². The lowest BCUT2D eigenvalue weighted by atomic mass is 10.1. The van der Waals surface area contributed by atoms with Crippen LogP contribution in [-0.4, -0.2) is 21.0 Å². The third kappa shape index (κ3) is 2.70. The van der Waals surface area contributed by atoms with Gasteiger partial charge >= 0.3 is 11.7 Å². The normalized spacial score (nSPS) is 9.92. The fourth-order valence-electron chi connectivity index (χ4n) is 1.000. The zero-order valence-corrected chi connectivity index (χ0v) is 7.20. The highest BCUT2D eigenvalue weighted by atomic mass is 16.4. The van der Waals surface area contributed by atoms with E-state index in [1.165, 1.54) is 6.20 Å². The van der Waals surface area contributed by atoms with E-state index in [1.807, 2.05) is 0 Å². The molecule has 0 radical (unpaired) electrons. The Hall–Kier alpha value is -1.65. The van der Waals surface area contributed by atoms with Crippen molar-refractivity contribution in [2.45, 2.75) is 19.8 Å². The molecule has 5 heteroatoms. The SMILES string of the molecule is Cc1[nH]c(=O)ncc1CCC(=O)O. The van der Waals surface area contributed by atoms with Crippen molar-refractivity contribution < 1.29 is 9.90 Å². The smallest absolute Gasteiger partial charge is 0.345 e. The molecule has 1 rings (SSSR count). The molecule has 1 aromatic heterocycles. The Morgan fingerprint density at radius 2 is 2.38 bits per heavy atom. The van der Waals surface area contributed by atoms with E-state index in [0.717, 1.165) is 5.56 Å². The Labute approximate surface area is 74.4 Å². The van der Waals surface area contributed by atoms with Crippen LogP contribution in [0.5, 0.6) is 0 Å². The van der Waals surface area contributed by atoms with Gasteiger partial charge in [-0.1, -0.05) is 0 Å². The fourth-order valence-corrected chi connectivity index (χ4v) is 1.000. The zero-order valence-electron chi connectivity index (χ0n) is 7.20. The average Bonchev–Trinajstić information content (AvgIpc) is 2.02. The number of rotatable bonds is 3. The van der Waals surface area contributed by atoms with Crippen molar-refractivity contribution in [3.8, 4) is 0 Å². The molecule has 1 heterocycles. The maximum atomic E-state index is 10.7. The van der Waals surface area contributed by atoms with Crippen LogP contribution in [0, 0.1) is 6.92 Å². The van der Waals surface area contributed by atoms with Crippen LogP contribution >= 0.6 is 0 Å². The molecule has 0 fully saturated rings. The van der Waals surface area contributed by atoms with Gasteiger partial charge < -0.3 is 10.1 Å². The molecule has 1 aromatic rings. The average molecular weight is 182 g/mol. The van der Waals surface area contributed by atoms with Crippen molar-refractivity contribution in [2.75, 3.05) is 0 Å². The Morgan fingerprint density at radius 1 is 1.69 bits per heavy atom. The van der Waals surface area contributed by atoms with E-state index in [9.17, 15) is 9.59 Å². The van der Waals surface area contributed by atoms with E-state index in [1.54, 1.807) is 6.92 Å². The van der Waals surface area contributed by atoms with E-state index in [-0.39, 0.29) is 6.42 Å². The minimum absolute atomic E-state index is 0.0502. The van der Waals surface area contributed by atoms with Gasteiger partial charge in [-0.05, 0) is 18.9 Å². The number of aryl methyl sites for hydroxylation is 2. The van der Waals surface area contributed by atoms with Crippen LogP contribution in [-0.2, 0) is 11.2 Å². The molecule has 0 aliphatic carbocycles. The van der Waals surface area contributed by atoms with Crippen LogP contribution < -0.4 is 5.69 Å². The topological polar surface area (TPSA) is 83.0 Å². The molecule has 0 aromatic carbocycles. The van der Waals surface area contributed by atoms with Crippen molar-refractivity contribution in [3.63, 3.8) is 0 Å². The summed E-state index contributed by atoms with van der Waals surface area (Å²) in [5.41, 5.74) is 1.04. The molecule has 0 amide bonds. The van der Waals surface area contributed by atoms with Gasteiger partial charge in [0, 0.05) is 18.3 Å². The zero-order chi connectivity index (χ0) is 9.84.